The number of nitrogens with zero attached hydrogens (tertiary/aromatic N) is 3. The van der Waals surface area contributed by atoms with E-state index in [1.807, 2.05) is 25.7 Å². The third-order valence-corrected chi connectivity index (χ3v) is 2.98. The van der Waals surface area contributed by atoms with Crippen molar-refractivity contribution in [2.24, 2.45) is 0 Å². The summed E-state index contributed by atoms with van der Waals surface area (Å²) in [5.74, 6) is 0.539. The molecule has 5 heteroatoms. The van der Waals surface area contributed by atoms with Crippen LogP contribution in [0, 0.1) is 0 Å². The number of nitrogen functional groups attached to an aromatic ring is 1. The molecule has 0 unspecified atom stereocenters. The summed E-state index contributed by atoms with van der Waals surface area (Å²) in [5, 5.41) is 4.33. The molecule has 0 spiro atoms. The van der Waals surface area contributed by atoms with Crippen LogP contribution >= 0.6 is 0 Å². The third kappa shape index (κ3) is 2.28. The number of likely N-dealkylation sites (tertiary alicyclic amines) is 1. The molecule has 1 aromatic rings. The summed E-state index contributed by atoms with van der Waals surface area (Å²) in [6.07, 6.45) is 2.17. The molecular formula is C12H20N4O. The van der Waals surface area contributed by atoms with Crippen LogP contribution in [0.5, 0.6) is 0 Å². The smallest absolute Gasteiger partial charge is 0.274 e. The number of hydrogen-bond donors (Lipinski definition) is 1. The summed E-state index contributed by atoms with van der Waals surface area (Å²) in [5.41, 5.74) is 6.15. The van der Waals surface area contributed by atoms with Crippen LogP contribution in [-0.4, -0.2) is 33.7 Å². The zero-order valence-electron chi connectivity index (χ0n) is 10.7. The minimum atomic E-state index is -0.201. The Balaban J connectivity index is 2.25. The van der Waals surface area contributed by atoms with Gasteiger partial charge in [-0.1, -0.05) is 0 Å². The van der Waals surface area contributed by atoms with Crippen molar-refractivity contribution >= 4 is 11.7 Å². The van der Waals surface area contributed by atoms with E-state index < -0.39 is 0 Å². The Labute approximate surface area is 102 Å². The largest absolute Gasteiger partial charge is 0.384 e. The highest BCUT2D eigenvalue weighted by atomic mass is 16.2. The Bertz CT molecular complexity index is 424. The van der Waals surface area contributed by atoms with Crippen LogP contribution in [-0.2, 0) is 5.54 Å². The molecule has 1 aromatic heterocycles. The fourth-order valence-electron chi connectivity index (χ4n) is 2.12. The highest BCUT2D eigenvalue weighted by molar-refractivity contribution is 5.93. The fourth-order valence-corrected chi connectivity index (χ4v) is 2.12. The van der Waals surface area contributed by atoms with Gasteiger partial charge in [0, 0.05) is 19.2 Å². The average molecular weight is 236 g/mol. The fraction of sp³-hybridized carbons (Fsp3) is 0.667. The summed E-state index contributed by atoms with van der Waals surface area (Å²) in [7, 11) is 0. The molecule has 0 radical (unpaired) electrons. The van der Waals surface area contributed by atoms with Crippen molar-refractivity contribution in [2.45, 2.75) is 39.2 Å². The van der Waals surface area contributed by atoms with Gasteiger partial charge in [0.1, 0.15) is 5.82 Å². The van der Waals surface area contributed by atoms with Gasteiger partial charge < -0.3 is 10.6 Å². The predicted octanol–water partition coefficient (Wildman–Crippen LogP) is 1.46. The number of amides is 1. The lowest BCUT2D eigenvalue weighted by Crippen LogP contribution is -2.29. The Kier molecular flexibility index (Phi) is 2.85. The number of hydrogen-bond acceptors (Lipinski definition) is 3. The van der Waals surface area contributed by atoms with Crippen molar-refractivity contribution in [2.75, 3.05) is 18.8 Å². The maximum absolute atomic E-state index is 12.1. The van der Waals surface area contributed by atoms with Crippen molar-refractivity contribution in [3.05, 3.63) is 11.8 Å². The van der Waals surface area contributed by atoms with Gasteiger partial charge in [-0.3, -0.25) is 4.79 Å². The molecule has 0 aliphatic carbocycles. The molecule has 1 aliphatic rings. The van der Waals surface area contributed by atoms with Crippen LogP contribution in [0.3, 0.4) is 0 Å². The van der Waals surface area contributed by atoms with E-state index >= 15 is 0 Å². The molecule has 1 aliphatic heterocycles. The molecule has 17 heavy (non-hydrogen) atoms. The zero-order valence-corrected chi connectivity index (χ0v) is 10.7. The molecule has 1 fully saturated rings. The molecule has 2 N–H and O–H groups in total. The molecule has 1 amide bonds. The lowest BCUT2D eigenvalue weighted by atomic mass is 10.1. The summed E-state index contributed by atoms with van der Waals surface area (Å²) in [6, 6.07) is 1.67. The van der Waals surface area contributed by atoms with Crippen LogP contribution in [0.4, 0.5) is 5.82 Å². The molecule has 2 heterocycles. The van der Waals surface area contributed by atoms with Crippen LogP contribution in [0.25, 0.3) is 0 Å². The first-order valence-electron chi connectivity index (χ1n) is 6.05. The monoisotopic (exact) mass is 236 g/mol. The molecule has 2 rings (SSSR count). The second kappa shape index (κ2) is 4.05. The van der Waals surface area contributed by atoms with Gasteiger partial charge in [0.05, 0.1) is 5.54 Å². The second-order valence-corrected chi connectivity index (χ2v) is 5.54. The summed E-state index contributed by atoms with van der Waals surface area (Å²) < 4.78 is 1.70. The zero-order chi connectivity index (χ0) is 12.6. The number of rotatable bonds is 1. The van der Waals surface area contributed by atoms with Gasteiger partial charge in [0.15, 0.2) is 5.69 Å². The van der Waals surface area contributed by atoms with Crippen LogP contribution in [0.2, 0.25) is 0 Å². The van der Waals surface area contributed by atoms with Crippen LogP contribution in [0.1, 0.15) is 44.1 Å². The topological polar surface area (TPSA) is 64.2 Å². The molecule has 0 atom stereocenters. The van der Waals surface area contributed by atoms with Crippen molar-refractivity contribution in [3.8, 4) is 0 Å². The minimum absolute atomic E-state index is 0.00259. The second-order valence-electron chi connectivity index (χ2n) is 5.54. The molecule has 0 bridgehead atoms. The standard InChI is InChI=1S/C12H20N4O/c1-12(2,3)16-10(13)8-9(14-16)11(17)15-6-4-5-7-15/h8H,4-7,13H2,1-3H3. The minimum Gasteiger partial charge on any atom is -0.384 e. The van der Waals surface area contributed by atoms with E-state index in [4.69, 9.17) is 5.73 Å². The molecule has 0 saturated carbocycles. The van der Waals surface area contributed by atoms with Gasteiger partial charge in [-0.2, -0.15) is 5.10 Å². The lowest BCUT2D eigenvalue weighted by molar-refractivity contribution is 0.0785. The first-order chi connectivity index (χ1) is 7.89. The molecule has 94 valence electrons. The molecule has 5 nitrogen and oxygen atoms in total. The normalized spacial score (nSPS) is 16.5. The van der Waals surface area contributed by atoms with Crippen molar-refractivity contribution in [1.29, 1.82) is 0 Å². The van der Waals surface area contributed by atoms with E-state index in [9.17, 15) is 4.79 Å². The van der Waals surface area contributed by atoms with Gasteiger partial charge in [-0.05, 0) is 33.6 Å². The quantitative estimate of drug-likeness (QED) is 0.802. The predicted molar refractivity (Wildman–Crippen MR) is 66.8 cm³/mol. The first kappa shape index (κ1) is 12.0. The van der Waals surface area contributed by atoms with Gasteiger partial charge in [0.25, 0.3) is 5.91 Å². The summed E-state index contributed by atoms with van der Waals surface area (Å²) in [6.45, 7) is 7.71. The molecule has 0 aromatic carbocycles. The summed E-state index contributed by atoms with van der Waals surface area (Å²) >= 11 is 0. The van der Waals surface area contributed by atoms with Crippen molar-refractivity contribution in [1.82, 2.24) is 14.7 Å². The van der Waals surface area contributed by atoms with Gasteiger partial charge >= 0.3 is 0 Å². The number of carbonyl (C=O) groups excluding carboxylic acids is 1. The SMILES string of the molecule is CC(C)(C)n1nc(C(=O)N2CCCC2)cc1N. The third-order valence-electron chi connectivity index (χ3n) is 2.98. The maximum atomic E-state index is 12.1. The summed E-state index contributed by atoms with van der Waals surface area (Å²) in [4.78, 5) is 14.0. The van der Waals surface area contributed by atoms with E-state index in [0.29, 0.717) is 11.5 Å². The van der Waals surface area contributed by atoms with E-state index in [-0.39, 0.29) is 11.4 Å². The van der Waals surface area contributed by atoms with Crippen molar-refractivity contribution < 1.29 is 4.79 Å². The average Bonchev–Trinajstić information content (AvgIpc) is 2.83. The van der Waals surface area contributed by atoms with E-state index in [1.165, 1.54) is 0 Å². The Morgan fingerprint density at radius 3 is 2.41 bits per heavy atom. The van der Waals surface area contributed by atoms with Gasteiger partial charge in [-0.15, -0.1) is 0 Å². The van der Waals surface area contributed by atoms with E-state index in [2.05, 4.69) is 5.10 Å². The highest BCUT2D eigenvalue weighted by Crippen LogP contribution is 2.20. The molecular weight excluding hydrogens is 216 g/mol. The first-order valence-corrected chi connectivity index (χ1v) is 6.05. The number of anilines is 1. The van der Waals surface area contributed by atoms with Gasteiger partial charge in [-0.25, -0.2) is 4.68 Å². The highest BCUT2D eigenvalue weighted by Gasteiger charge is 2.25. The van der Waals surface area contributed by atoms with Crippen LogP contribution in [0.15, 0.2) is 6.07 Å². The number of nitrogens with two attached hydrogens (primary N) is 1. The van der Waals surface area contributed by atoms with E-state index in [0.717, 1.165) is 25.9 Å². The van der Waals surface area contributed by atoms with Crippen LogP contribution < -0.4 is 5.73 Å². The Morgan fingerprint density at radius 2 is 1.94 bits per heavy atom. The number of carbonyl (C=O) groups is 1. The lowest BCUT2D eigenvalue weighted by Gasteiger charge is -2.20. The Hall–Kier alpha value is -1.52. The maximum Gasteiger partial charge on any atom is 0.274 e. The number of aromatic nitrogens is 2. The van der Waals surface area contributed by atoms with Crippen molar-refractivity contribution in [3.63, 3.8) is 0 Å². The van der Waals surface area contributed by atoms with Gasteiger partial charge in [0.2, 0.25) is 0 Å². The molecule has 1 saturated heterocycles. The van der Waals surface area contributed by atoms with E-state index in [1.54, 1.807) is 10.7 Å². The Morgan fingerprint density at radius 1 is 1.35 bits per heavy atom.